The number of hydrogen-bond acceptors (Lipinski definition) is 2. The van der Waals surface area contributed by atoms with E-state index < -0.39 is 0 Å². The molecule has 0 aromatic rings. The molecule has 0 bridgehead atoms. The second-order valence-electron chi connectivity index (χ2n) is 7.54. The van der Waals surface area contributed by atoms with Crippen molar-refractivity contribution in [1.82, 2.24) is 10.2 Å². The van der Waals surface area contributed by atoms with Crippen LogP contribution < -0.4 is 5.32 Å². The number of rotatable bonds is 3. The first-order valence-electron chi connectivity index (χ1n) is 6.52. The molecule has 1 saturated heterocycles. The van der Waals surface area contributed by atoms with Gasteiger partial charge in [0.25, 0.3) is 0 Å². The summed E-state index contributed by atoms with van der Waals surface area (Å²) < 4.78 is 0. The van der Waals surface area contributed by atoms with Gasteiger partial charge >= 0.3 is 0 Å². The van der Waals surface area contributed by atoms with Crippen LogP contribution in [0.1, 0.15) is 54.9 Å². The summed E-state index contributed by atoms with van der Waals surface area (Å²) in [5, 5.41) is 3.43. The molecule has 1 aliphatic rings. The minimum Gasteiger partial charge on any atom is -0.303 e. The molecule has 2 heteroatoms. The van der Waals surface area contributed by atoms with E-state index >= 15 is 0 Å². The quantitative estimate of drug-likeness (QED) is 0.795. The summed E-state index contributed by atoms with van der Waals surface area (Å²) in [6.45, 7) is 20.0. The van der Waals surface area contributed by atoms with Crippen molar-refractivity contribution in [2.75, 3.05) is 19.8 Å². The third-order valence-corrected chi connectivity index (χ3v) is 4.62. The Bertz CT molecular complexity index is 230. The van der Waals surface area contributed by atoms with Crippen LogP contribution in [0.15, 0.2) is 0 Å². The van der Waals surface area contributed by atoms with Crippen LogP contribution >= 0.6 is 0 Å². The van der Waals surface area contributed by atoms with Crippen molar-refractivity contribution in [3.8, 4) is 0 Å². The minimum atomic E-state index is 0.292. The summed E-state index contributed by atoms with van der Waals surface area (Å²) in [7, 11) is 0. The summed E-state index contributed by atoms with van der Waals surface area (Å²) in [6, 6.07) is 0. The normalized spacial score (nSPS) is 20.4. The molecule has 1 rings (SSSR count). The van der Waals surface area contributed by atoms with Crippen molar-refractivity contribution in [3.05, 3.63) is 0 Å². The van der Waals surface area contributed by atoms with Crippen LogP contribution in [0.4, 0.5) is 0 Å². The summed E-state index contributed by atoms with van der Waals surface area (Å²) >= 11 is 0. The number of nitrogens with zero attached hydrogens (tertiary/aromatic N) is 1. The van der Waals surface area contributed by atoms with E-state index in [-0.39, 0.29) is 0 Å². The SMILES string of the molecule is CC(C)(CC(C)(C)C(C)(C)C)N1CCNC1. The second-order valence-corrected chi connectivity index (χ2v) is 7.54. The molecule has 0 spiro atoms. The maximum Gasteiger partial charge on any atom is 0.0486 e. The molecule has 0 aromatic heterocycles. The van der Waals surface area contributed by atoms with Crippen LogP contribution in [-0.2, 0) is 0 Å². The Morgan fingerprint density at radius 2 is 1.56 bits per heavy atom. The highest BCUT2D eigenvalue weighted by Crippen LogP contribution is 2.45. The first-order chi connectivity index (χ1) is 7.06. The van der Waals surface area contributed by atoms with Crippen LogP contribution in [0.25, 0.3) is 0 Å². The molecule has 0 aliphatic carbocycles. The maximum atomic E-state index is 3.43. The van der Waals surface area contributed by atoms with Crippen LogP contribution in [0.5, 0.6) is 0 Å². The van der Waals surface area contributed by atoms with Crippen molar-refractivity contribution in [2.24, 2.45) is 10.8 Å². The van der Waals surface area contributed by atoms with Crippen LogP contribution in [0.3, 0.4) is 0 Å². The standard InChI is InChI=1S/C14H30N2/c1-12(2,3)13(4,5)10-14(6,7)16-9-8-15-11-16/h15H,8-11H2,1-7H3. The number of hydrogen-bond donors (Lipinski definition) is 1. The van der Waals surface area contributed by atoms with Gasteiger partial charge in [-0.1, -0.05) is 34.6 Å². The average Bonchev–Trinajstić information content (AvgIpc) is 2.50. The Hall–Kier alpha value is -0.0800. The van der Waals surface area contributed by atoms with Gasteiger partial charge in [0, 0.05) is 25.3 Å². The van der Waals surface area contributed by atoms with E-state index in [4.69, 9.17) is 0 Å². The molecule has 1 fully saturated rings. The van der Waals surface area contributed by atoms with Gasteiger partial charge in [-0.05, 0) is 31.1 Å². The summed E-state index contributed by atoms with van der Waals surface area (Å²) in [5.41, 5.74) is 1.01. The molecule has 0 atom stereocenters. The van der Waals surface area contributed by atoms with Gasteiger partial charge in [0.2, 0.25) is 0 Å². The van der Waals surface area contributed by atoms with E-state index in [9.17, 15) is 0 Å². The Kier molecular flexibility index (Phi) is 3.76. The van der Waals surface area contributed by atoms with Crippen molar-refractivity contribution >= 4 is 0 Å². The molecule has 1 N–H and O–H groups in total. The van der Waals surface area contributed by atoms with E-state index in [2.05, 4.69) is 58.7 Å². The molecule has 16 heavy (non-hydrogen) atoms. The zero-order chi connectivity index (χ0) is 12.6. The third-order valence-electron chi connectivity index (χ3n) is 4.62. The molecule has 1 heterocycles. The van der Waals surface area contributed by atoms with Gasteiger partial charge in [-0.2, -0.15) is 0 Å². The molecule has 2 nitrogen and oxygen atoms in total. The van der Waals surface area contributed by atoms with Gasteiger partial charge in [0.15, 0.2) is 0 Å². The lowest BCUT2D eigenvalue weighted by Crippen LogP contribution is -2.48. The lowest BCUT2D eigenvalue weighted by Gasteiger charge is -2.47. The predicted octanol–water partition coefficient (Wildman–Crippen LogP) is 3.09. The summed E-state index contributed by atoms with van der Waals surface area (Å²) in [6.07, 6.45) is 1.24. The predicted molar refractivity (Wildman–Crippen MR) is 71.5 cm³/mol. The van der Waals surface area contributed by atoms with Gasteiger partial charge in [-0.15, -0.1) is 0 Å². The molecule has 0 radical (unpaired) electrons. The summed E-state index contributed by atoms with van der Waals surface area (Å²) in [5.74, 6) is 0. The minimum absolute atomic E-state index is 0.292. The van der Waals surface area contributed by atoms with Crippen LogP contribution in [-0.4, -0.2) is 30.2 Å². The van der Waals surface area contributed by atoms with Crippen molar-refractivity contribution < 1.29 is 0 Å². The van der Waals surface area contributed by atoms with Crippen molar-refractivity contribution in [1.29, 1.82) is 0 Å². The van der Waals surface area contributed by atoms with Gasteiger partial charge < -0.3 is 5.32 Å². The third kappa shape index (κ3) is 2.98. The Morgan fingerprint density at radius 3 is 1.94 bits per heavy atom. The average molecular weight is 226 g/mol. The fourth-order valence-electron chi connectivity index (χ4n) is 2.48. The molecular weight excluding hydrogens is 196 g/mol. The molecular formula is C14H30N2. The highest BCUT2D eigenvalue weighted by atomic mass is 15.3. The smallest absolute Gasteiger partial charge is 0.0486 e. The second kappa shape index (κ2) is 4.30. The Labute approximate surface area is 102 Å². The van der Waals surface area contributed by atoms with Crippen molar-refractivity contribution in [2.45, 2.75) is 60.4 Å². The molecule has 0 amide bonds. The summed E-state index contributed by atoms with van der Waals surface area (Å²) in [4.78, 5) is 2.57. The molecule has 0 unspecified atom stereocenters. The van der Waals surface area contributed by atoms with E-state index in [1.807, 2.05) is 0 Å². The van der Waals surface area contributed by atoms with E-state index in [0.717, 1.165) is 13.2 Å². The fraction of sp³-hybridized carbons (Fsp3) is 1.00. The first kappa shape index (κ1) is 14.0. The molecule has 1 aliphatic heterocycles. The molecule has 0 aromatic carbocycles. The lowest BCUT2D eigenvalue weighted by atomic mass is 9.64. The zero-order valence-corrected chi connectivity index (χ0v) is 12.3. The van der Waals surface area contributed by atoms with Crippen LogP contribution in [0, 0.1) is 10.8 Å². The first-order valence-corrected chi connectivity index (χ1v) is 6.52. The Balaban J connectivity index is 2.71. The highest BCUT2D eigenvalue weighted by Gasteiger charge is 2.40. The lowest BCUT2D eigenvalue weighted by molar-refractivity contribution is 0.0321. The Morgan fingerprint density at radius 1 is 1.00 bits per heavy atom. The van der Waals surface area contributed by atoms with Gasteiger partial charge in [0.1, 0.15) is 0 Å². The van der Waals surface area contributed by atoms with Crippen LogP contribution in [0.2, 0.25) is 0 Å². The van der Waals surface area contributed by atoms with E-state index in [1.54, 1.807) is 0 Å². The molecule has 0 saturated carbocycles. The van der Waals surface area contributed by atoms with E-state index in [1.165, 1.54) is 13.0 Å². The van der Waals surface area contributed by atoms with Crippen molar-refractivity contribution in [3.63, 3.8) is 0 Å². The molecule has 96 valence electrons. The van der Waals surface area contributed by atoms with E-state index in [0.29, 0.717) is 16.4 Å². The monoisotopic (exact) mass is 226 g/mol. The van der Waals surface area contributed by atoms with Gasteiger partial charge in [-0.25, -0.2) is 0 Å². The number of nitrogens with one attached hydrogen (secondary N) is 1. The topological polar surface area (TPSA) is 15.3 Å². The van der Waals surface area contributed by atoms with Gasteiger partial charge in [-0.3, -0.25) is 4.90 Å². The zero-order valence-electron chi connectivity index (χ0n) is 12.3. The van der Waals surface area contributed by atoms with Gasteiger partial charge in [0.05, 0.1) is 0 Å². The highest BCUT2D eigenvalue weighted by molar-refractivity contribution is 4.93. The maximum absolute atomic E-state index is 3.43. The fourth-order valence-corrected chi connectivity index (χ4v) is 2.48. The largest absolute Gasteiger partial charge is 0.303 e.